The van der Waals surface area contributed by atoms with E-state index in [1.54, 1.807) is 7.11 Å². The highest BCUT2D eigenvalue weighted by atomic mass is 16.7. The molecule has 2 N–H and O–H groups in total. The van der Waals surface area contributed by atoms with Crippen molar-refractivity contribution in [3.63, 3.8) is 0 Å². The molecule has 288 valence electrons. The number of aliphatic hydroxyl groups is 1. The number of nitrogens with zero attached hydrogens (tertiary/aromatic N) is 2. The predicted molar refractivity (Wildman–Crippen MR) is 205 cm³/mol. The molecule has 7 rings (SSSR count). The van der Waals surface area contributed by atoms with E-state index in [1.807, 2.05) is 103 Å². The van der Waals surface area contributed by atoms with Crippen molar-refractivity contribution >= 4 is 17.9 Å². The maximum Gasteiger partial charge on any atom is 0.408 e. The van der Waals surface area contributed by atoms with E-state index in [0.29, 0.717) is 12.6 Å². The number of likely N-dealkylation sites (tertiary alicyclic amines) is 2. The quantitative estimate of drug-likeness (QED) is 0.152. The van der Waals surface area contributed by atoms with E-state index < -0.39 is 24.3 Å². The first-order valence-electron chi connectivity index (χ1n) is 19.0. The molecule has 3 saturated heterocycles. The summed E-state index contributed by atoms with van der Waals surface area (Å²) in [6, 6.07) is 32.4. The second-order valence-electron chi connectivity index (χ2n) is 14.7. The molecule has 3 aliphatic heterocycles. The minimum atomic E-state index is -0.972. The van der Waals surface area contributed by atoms with Crippen LogP contribution in [0.15, 0.2) is 103 Å². The molecule has 0 aromatic heterocycles. The van der Waals surface area contributed by atoms with E-state index in [2.05, 4.69) is 17.1 Å². The van der Waals surface area contributed by atoms with Crippen LogP contribution in [0.2, 0.25) is 0 Å². The first-order valence-corrected chi connectivity index (χ1v) is 19.0. The number of carbonyl (C=O) groups is 3. The third-order valence-corrected chi connectivity index (χ3v) is 10.9. The zero-order valence-electron chi connectivity index (χ0n) is 31.3. The van der Waals surface area contributed by atoms with Gasteiger partial charge in [0.2, 0.25) is 5.91 Å². The Labute approximate surface area is 322 Å². The molecule has 1 unspecified atom stereocenters. The Bertz CT molecular complexity index is 1920. The van der Waals surface area contributed by atoms with Crippen molar-refractivity contribution in [3.8, 4) is 11.1 Å². The topological polar surface area (TPSA) is 127 Å². The van der Waals surface area contributed by atoms with E-state index >= 15 is 0 Å². The maximum absolute atomic E-state index is 13.2. The summed E-state index contributed by atoms with van der Waals surface area (Å²) in [7, 11) is 1.75. The SMILES string of the molecule is COC[C@@H]1CCCN1C[C@@H]1O[C@H](c2ccc(-c3cccc(CN4C(=O)CC(NC(=O)OCc5ccccc5)C4=O)c3)cc2)O[C@H](c2ccc(CO)cc2)[C@@H]1C. The molecule has 0 radical (unpaired) electrons. The highest BCUT2D eigenvalue weighted by Gasteiger charge is 2.41. The Morgan fingerprint density at radius 3 is 2.36 bits per heavy atom. The number of methoxy groups -OCH3 is 1. The van der Waals surface area contributed by atoms with Crippen LogP contribution < -0.4 is 5.32 Å². The number of nitrogens with one attached hydrogen (secondary N) is 1. The first-order chi connectivity index (χ1) is 26.8. The minimum Gasteiger partial charge on any atom is -0.445 e. The normalized spacial score (nSPS) is 24.3. The lowest BCUT2D eigenvalue weighted by atomic mass is 9.89. The second kappa shape index (κ2) is 17.7. The van der Waals surface area contributed by atoms with Crippen LogP contribution in [0.5, 0.6) is 0 Å². The third kappa shape index (κ3) is 9.15. The van der Waals surface area contributed by atoms with Gasteiger partial charge in [-0.1, -0.05) is 104 Å². The van der Waals surface area contributed by atoms with Crippen LogP contribution in [0.4, 0.5) is 4.79 Å². The summed E-state index contributed by atoms with van der Waals surface area (Å²) in [5.41, 5.74) is 6.30. The van der Waals surface area contributed by atoms with Gasteiger partial charge in [0, 0.05) is 31.2 Å². The van der Waals surface area contributed by atoms with Crippen molar-refractivity contribution in [2.45, 2.75) is 76.5 Å². The van der Waals surface area contributed by atoms with Crippen LogP contribution in [0.25, 0.3) is 11.1 Å². The average Bonchev–Trinajstić information content (AvgIpc) is 3.76. The van der Waals surface area contributed by atoms with Crippen molar-refractivity contribution < 1.29 is 38.4 Å². The largest absolute Gasteiger partial charge is 0.445 e. The molecule has 0 bridgehead atoms. The molecule has 4 aromatic carbocycles. The lowest BCUT2D eigenvalue weighted by molar-refractivity contribution is -0.276. The van der Waals surface area contributed by atoms with Gasteiger partial charge in [-0.15, -0.1) is 0 Å². The Morgan fingerprint density at radius 1 is 0.873 bits per heavy atom. The smallest absolute Gasteiger partial charge is 0.408 e. The van der Waals surface area contributed by atoms with E-state index in [-0.39, 0.29) is 50.2 Å². The monoisotopic (exact) mass is 747 g/mol. The Balaban J connectivity index is 1.02. The molecule has 0 aliphatic carbocycles. The first kappa shape index (κ1) is 38.4. The molecule has 0 spiro atoms. The summed E-state index contributed by atoms with van der Waals surface area (Å²) in [6.45, 7) is 4.82. The molecule has 11 nitrogen and oxygen atoms in total. The van der Waals surface area contributed by atoms with Crippen LogP contribution in [0, 0.1) is 5.92 Å². The molecular weight excluding hydrogens is 698 g/mol. The third-order valence-electron chi connectivity index (χ3n) is 10.9. The van der Waals surface area contributed by atoms with Gasteiger partial charge < -0.3 is 29.4 Å². The zero-order valence-corrected chi connectivity index (χ0v) is 31.3. The number of alkyl carbamates (subject to hydrolysis) is 1. The van der Waals surface area contributed by atoms with Gasteiger partial charge in [-0.3, -0.25) is 19.4 Å². The Hall–Kier alpha value is -4.91. The predicted octanol–water partition coefficient (Wildman–Crippen LogP) is 6.30. The number of amides is 3. The van der Waals surface area contributed by atoms with E-state index in [0.717, 1.165) is 64.9 Å². The van der Waals surface area contributed by atoms with Gasteiger partial charge in [0.1, 0.15) is 12.6 Å². The highest BCUT2D eigenvalue weighted by molar-refractivity contribution is 6.06. The molecule has 3 fully saturated rings. The Morgan fingerprint density at radius 2 is 1.62 bits per heavy atom. The molecule has 3 aliphatic rings. The molecule has 3 heterocycles. The zero-order chi connectivity index (χ0) is 38.3. The van der Waals surface area contributed by atoms with Gasteiger partial charge in [0.05, 0.1) is 38.4 Å². The fourth-order valence-electron chi connectivity index (χ4n) is 7.81. The van der Waals surface area contributed by atoms with Crippen molar-refractivity contribution in [2.75, 3.05) is 26.8 Å². The number of aliphatic hydroxyl groups excluding tert-OH is 1. The highest BCUT2D eigenvalue weighted by Crippen LogP contribution is 2.42. The van der Waals surface area contributed by atoms with Gasteiger partial charge in [-0.2, -0.15) is 0 Å². The van der Waals surface area contributed by atoms with Crippen LogP contribution in [0.3, 0.4) is 0 Å². The van der Waals surface area contributed by atoms with Crippen molar-refractivity contribution in [3.05, 3.63) is 131 Å². The number of carbonyl (C=O) groups excluding carboxylic acids is 3. The van der Waals surface area contributed by atoms with Gasteiger partial charge >= 0.3 is 6.09 Å². The summed E-state index contributed by atoms with van der Waals surface area (Å²) >= 11 is 0. The van der Waals surface area contributed by atoms with Crippen LogP contribution >= 0.6 is 0 Å². The summed E-state index contributed by atoms with van der Waals surface area (Å²) in [5, 5.41) is 12.2. The van der Waals surface area contributed by atoms with Crippen LogP contribution in [-0.4, -0.2) is 77.8 Å². The van der Waals surface area contributed by atoms with Crippen LogP contribution in [-0.2, 0) is 48.3 Å². The number of hydrogen-bond acceptors (Lipinski definition) is 9. The van der Waals surface area contributed by atoms with Crippen molar-refractivity contribution in [1.29, 1.82) is 0 Å². The van der Waals surface area contributed by atoms with E-state index in [9.17, 15) is 19.5 Å². The number of ether oxygens (including phenoxy) is 4. The number of rotatable bonds is 13. The van der Waals surface area contributed by atoms with Crippen molar-refractivity contribution in [1.82, 2.24) is 15.1 Å². The van der Waals surface area contributed by atoms with Gasteiger partial charge in [0.15, 0.2) is 6.29 Å². The molecule has 3 amide bonds. The minimum absolute atomic E-state index is 0.0127. The summed E-state index contributed by atoms with van der Waals surface area (Å²) in [6.07, 6.45) is 0.507. The van der Waals surface area contributed by atoms with E-state index in [1.165, 1.54) is 4.90 Å². The molecule has 0 saturated carbocycles. The fourth-order valence-corrected chi connectivity index (χ4v) is 7.81. The molecule has 11 heteroatoms. The number of benzene rings is 4. The summed E-state index contributed by atoms with van der Waals surface area (Å²) in [4.78, 5) is 42.2. The number of hydrogen-bond donors (Lipinski definition) is 2. The second-order valence-corrected chi connectivity index (χ2v) is 14.7. The van der Waals surface area contributed by atoms with Gasteiger partial charge in [0.25, 0.3) is 5.91 Å². The fraction of sp³-hybridized carbons (Fsp3) is 0.386. The molecule has 55 heavy (non-hydrogen) atoms. The summed E-state index contributed by atoms with van der Waals surface area (Å²) < 4.78 is 24.2. The molecule has 4 aromatic rings. The average molecular weight is 748 g/mol. The van der Waals surface area contributed by atoms with E-state index in [4.69, 9.17) is 18.9 Å². The Kier molecular flexibility index (Phi) is 12.3. The maximum atomic E-state index is 13.2. The van der Waals surface area contributed by atoms with Crippen LogP contribution in [0.1, 0.15) is 66.4 Å². The summed E-state index contributed by atoms with van der Waals surface area (Å²) in [5.74, 6) is -0.733. The van der Waals surface area contributed by atoms with Gasteiger partial charge in [-0.05, 0) is 58.8 Å². The standard InChI is InChI=1S/C44H49N3O8/c1-29-39(25-46-21-7-12-37(46)28-52-2)54-43(55-41(29)34-15-13-30(26-48)14-16-34)35-19-17-33(18-20-35)36-11-6-10-32(22-36)24-47-40(49)23-38(42(47)50)45-44(51)53-27-31-8-4-3-5-9-31/h3-6,8-11,13-20,22,29,37-39,41,43,48H,7,12,21,23-28H2,1-2H3,(H,45,51)/t29-,37+,38?,39+,41+,43+/m1/s1. The number of imide groups is 1. The molecule has 6 atom stereocenters. The lowest BCUT2D eigenvalue weighted by Crippen LogP contribution is -2.46. The molecular formula is C44H49N3O8. The lowest BCUT2D eigenvalue weighted by Gasteiger charge is -2.43. The van der Waals surface area contributed by atoms with Gasteiger partial charge in [-0.25, -0.2) is 4.79 Å². The van der Waals surface area contributed by atoms with Crippen molar-refractivity contribution in [2.24, 2.45) is 5.92 Å².